The molecule has 28 heavy (non-hydrogen) atoms. The van der Waals surface area contributed by atoms with Crippen LogP contribution >= 0.6 is 23.2 Å². The molecule has 0 radical (unpaired) electrons. The number of hydrogen-bond donors (Lipinski definition) is 1. The summed E-state index contributed by atoms with van der Waals surface area (Å²) in [6, 6.07) is 14.3. The van der Waals surface area contributed by atoms with Gasteiger partial charge in [-0.05, 0) is 53.9 Å². The molecule has 0 aliphatic rings. The van der Waals surface area contributed by atoms with Gasteiger partial charge in [-0.3, -0.25) is 14.3 Å². The summed E-state index contributed by atoms with van der Waals surface area (Å²) in [4.78, 5) is 27.7. The lowest BCUT2D eigenvalue weighted by atomic mass is 9.97. The van der Waals surface area contributed by atoms with E-state index < -0.39 is 11.2 Å². The standard InChI is InChI=1S/C21H13Cl2FN2O2/c1-11-10-12(24)8-9-13(11)14-4-2-7-17-18(14)20(27)25-21(28)26(17)19-15(22)5-3-6-16(19)23/h2-10H,1H3,(H,25,27,28). The normalized spacial score (nSPS) is 11.1. The van der Waals surface area contributed by atoms with Gasteiger partial charge < -0.3 is 0 Å². The first-order valence-corrected chi connectivity index (χ1v) is 9.13. The average molecular weight is 415 g/mol. The molecule has 0 atom stereocenters. The van der Waals surface area contributed by atoms with Gasteiger partial charge in [0.25, 0.3) is 5.56 Å². The zero-order chi connectivity index (χ0) is 20.0. The second kappa shape index (κ2) is 6.93. The van der Waals surface area contributed by atoms with Crippen LogP contribution in [0.5, 0.6) is 0 Å². The number of halogens is 3. The molecule has 1 heterocycles. The maximum atomic E-state index is 13.5. The molecule has 0 spiro atoms. The van der Waals surface area contributed by atoms with Gasteiger partial charge in [-0.25, -0.2) is 9.18 Å². The van der Waals surface area contributed by atoms with E-state index in [-0.39, 0.29) is 26.9 Å². The second-order valence-corrected chi connectivity index (χ2v) is 7.14. The predicted octanol–water partition coefficient (Wildman–Crippen LogP) is 5.10. The number of rotatable bonds is 2. The van der Waals surface area contributed by atoms with E-state index >= 15 is 0 Å². The Kier molecular flexibility index (Phi) is 4.57. The number of aromatic nitrogens is 2. The van der Waals surface area contributed by atoms with Crippen LogP contribution < -0.4 is 11.2 Å². The molecule has 0 aliphatic carbocycles. The van der Waals surface area contributed by atoms with Gasteiger partial charge in [-0.15, -0.1) is 0 Å². The van der Waals surface area contributed by atoms with Crippen LogP contribution in [0.25, 0.3) is 27.7 Å². The molecule has 0 amide bonds. The second-order valence-electron chi connectivity index (χ2n) is 6.32. The Labute approximate surface area is 168 Å². The summed E-state index contributed by atoms with van der Waals surface area (Å²) in [5.41, 5.74) is 1.37. The first kappa shape index (κ1) is 18.5. The molecule has 0 saturated heterocycles. The molecule has 4 aromatic rings. The summed E-state index contributed by atoms with van der Waals surface area (Å²) in [6.45, 7) is 1.76. The number of H-pyrrole nitrogens is 1. The van der Waals surface area contributed by atoms with Crippen molar-refractivity contribution in [2.45, 2.75) is 6.92 Å². The third-order valence-corrected chi connectivity index (χ3v) is 5.18. The molecular weight excluding hydrogens is 402 g/mol. The molecule has 0 aliphatic heterocycles. The van der Waals surface area contributed by atoms with Crippen LogP contribution in [0, 0.1) is 12.7 Å². The molecule has 140 valence electrons. The van der Waals surface area contributed by atoms with Crippen LogP contribution in [0.2, 0.25) is 10.0 Å². The summed E-state index contributed by atoms with van der Waals surface area (Å²) in [5, 5.41) is 0.824. The number of fused-ring (bicyclic) bond motifs is 1. The molecule has 7 heteroatoms. The summed E-state index contributed by atoms with van der Waals surface area (Å²) >= 11 is 12.6. The molecule has 1 aromatic heterocycles. The van der Waals surface area contributed by atoms with E-state index in [9.17, 15) is 14.0 Å². The monoisotopic (exact) mass is 414 g/mol. The largest absolute Gasteiger partial charge is 0.333 e. The number of aromatic amines is 1. The topological polar surface area (TPSA) is 54.9 Å². The highest BCUT2D eigenvalue weighted by Crippen LogP contribution is 2.32. The summed E-state index contributed by atoms with van der Waals surface area (Å²) in [5.74, 6) is -0.366. The highest BCUT2D eigenvalue weighted by Gasteiger charge is 2.18. The summed E-state index contributed by atoms with van der Waals surface area (Å²) in [7, 11) is 0. The zero-order valence-electron chi connectivity index (χ0n) is 14.6. The minimum atomic E-state index is -0.652. The van der Waals surface area contributed by atoms with Crippen molar-refractivity contribution in [3.05, 3.63) is 96.9 Å². The molecule has 0 saturated carbocycles. The molecule has 4 rings (SSSR count). The minimum Gasteiger partial charge on any atom is -0.273 e. The van der Waals surface area contributed by atoms with Gasteiger partial charge in [-0.2, -0.15) is 0 Å². The quantitative estimate of drug-likeness (QED) is 0.495. The first-order chi connectivity index (χ1) is 13.4. The van der Waals surface area contributed by atoms with Crippen LogP contribution in [-0.4, -0.2) is 9.55 Å². The van der Waals surface area contributed by atoms with Gasteiger partial charge >= 0.3 is 5.69 Å². The Morgan fingerprint density at radius 2 is 1.61 bits per heavy atom. The van der Waals surface area contributed by atoms with Crippen molar-refractivity contribution in [1.82, 2.24) is 9.55 Å². The smallest absolute Gasteiger partial charge is 0.273 e. The zero-order valence-corrected chi connectivity index (χ0v) is 16.1. The fourth-order valence-corrected chi connectivity index (χ4v) is 3.93. The fourth-order valence-electron chi connectivity index (χ4n) is 3.37. The van der Waals surface area contributed by atoms with Gasteiger partial charge in [0.15, 0.2) is 0 Å². The van der Waals surface area contributed by atoms with Crippen molar-refractivity contribution in [2.24, 2.45) is 0 Å². The number of nitrogens with zero attached hydrogens (tertiary/aromatic N) is 1. The van der Waals surface area contributed by atoms with Gasteiger partial charge in [-0.1, -0.05) is 47.5 Å². The maximum absolute atomic E-state index is 13.5. The van der Waals surface area contributed by atoms with E-state index in [0.29, 0.717) is 22.2 Å². The van der Waals surface area contributed by atoms with Crippen molar-refractivity contribution in [3.8, 4) is 16.8 Å². The van der Waals surface area contributed by atoms with Gasteiger partial charge in [0.1, 0.15) is 5.82 Å². The van der Waals surface area contributed by atoms with Gasteiger partial charge in [0.2, 0.25) is 0 Å². The lowest BCUT2D eigenvalue weighted by molar-refractivity contribution is 0.627. The Bertz CT molecular complexity index is 1340. The Morgan fingerprint density at radius 3 is 2.29 bits per heavy atom. The predicted molar refractivity (Wildman–Crippen MR) is 110 cm³/mol. The van der Waals surface area contributed by atoms with Crippen molar-refractivity contribution in [3.63, 3.8) is 0 Å². The Morgan fingerprint density at radius 1 is 0.929 bits per heavy atom. The van der Waals surface area contributed by atoms with E-state index in [0.717, 1.165) is 0 Å². The number of aryl methyl sites for hydroxylation is 1. The third kappa shape index (κ3) is 2.93. The van der Waals surface area contributed by atoms with Crippen molar-refractivity contribution in [1.29, 1.82) is 0 Å². The van der Waals surface area contributed by atoms with Crippen molar-refractivity contribution in [2.75, 3.05) is 0 Å². The van der Waals surface area contributed by atoms with Crippen LogP contribution in [0.4, 0.5) is 4.39 Å². The molecule has 3 aromatic carbocycles. The molecule has 0 fully saturated rings. The molecule has 1 N–H and O–H groups in total. The summed E-state index contributed by atoms with van der Waals surface area (Å²) in [6.07, 6.45) is 0. The highest BCUT2D eigenvalue weighted by molar-refractivity contribution is 6.37. The Hall–Kier alpha value is -2.89. The number of benzene rings is 3. The summed E-state index contributed by atoms with van der Waals surface area (Å²) < 4.78 is 14.8. The first-order valence-electron chi connectivity index (χ1n) is 8.37. The van der Waals surface area contributed by atoms with E-state index in [1.54, 1.807) is 49.4 Å². The third-order valence-electron chi connectivity index (χ3n) is 4.57. The average Bonchev–Trinajstić information content (AvgIpc) is 2.63. The lowest BCUT2D eigenvalue weighted by Crippen LogP contribution is -2.30. The maximum Gasteiger partial charge on any atom is 0.333 e. The number of hydrogen-bond acceptors (Lipinski definition) is 2. The molecule has 4 nitrogen and oxygen atoms in total. The van der Waals surface area contributed by atoms with Crippen LogP contribution in [-0.2, 0) is 0 Å². The molecule has 0 unspecified atom stereocenters. The lowest BCUT2D eigenvalue weighted by Gasteiger charge is -2.15. The molecule has 0 bridgehead atoms. The van der Waals surface area contributed by atoms with Crippen LogP contribution in [0.1, 0.15) is 5.56 Å². The number of para-hydroxylation sites is 1. The van der Waals surface area contributed by atoms with E-state index in [1.807, 2.05) is 0 Å². The van der Waals surface area contributed by atoms with Crippen molar-refractivity contribution < 1.29 is 4.39 Å². The van der Waals surface area contributed by atoms with E-state index in [2.05, 4.69) is 4.98 Å². The molecular formula is C21H13Cl2FN2O2. The van der Waals surface area contributed by atoms with Gasteiger partial charge in [0.05, 0.1) is 26.6 Å². The van der Waals surface area contributed by atoms with Crippen LogP contribution in [0.15, 0.2) is 64.2 Å². The van der Waals surface area contributed by atoms with E-state index in [1.165, 1.54) is 16.7 Å². The highest BCUT2D eigenvalue weighted by atomic mass is 35.5. The SMILES string of the molecule is Cc1cc(F)ccc1-c1cccc2c1c(=O)[nH]c(=O)n2-c1c(Cl)cccc1Cl. The number of nitrogens with one attached hydrogen (secondary N) is 1. The fraction of sp³-hybridized carbons (Fsp3) is 0.0476. The Balaban J connectivity index is 2.17. The minimum absolute atomic E-state index is 0.270. The van der Waals surface area contributed by atoms with Gasteiger partial charge in [0, 0.05) is 0 Å². The van der Waals surface area contributed by atoms with Crippen LogP contribution in [0.3, 0.4) is 0 Å². The van der Waals surface area contributed by atoms with E-state index in [4.69, 9.17) is 23.2 Å². The van der Waals surface area contributed by atoms with Crippen molar-refractivity contribution >= 4 is 34.1 Å².